The van der Waals surface area contributed by atoms with Crippen LogP contribution in [0, 0.1) is 0 Å². The Bertz CT molecular complexity index is 534. The summed E-state index contributed by atoms with van der Waals surface area (Å²) in [5.41, 5.74) is 0.533. The monoisotopic (exact) mass is 231 g/mol. The second kappa shape index (κ2) is 4.78. The number of Topliss-reactive ketones (excluding diaryl/α,β-unsaturated/α-hetero) is 1. The summed E-state index contributed by atoms with van der Waals surface area (Å²) >= 11 is 0. The molecule has 0 radical (unpaired) electrons. The van der Waals surface area contributed by atoms with E-state index in [-0.39, 0.29) is 12.2 Å². The minimum Gasteiger partial charge on any atom is -0.494 e. The van der Waals surface area contributed by atoms with Crippen LogP contribution in [0.3, 0.4) is 0 Å². The van der Waals surface area contributed by atoms with Crippen molar-refractivity contribution in [2.24, 2.45) is 7.05 Å². The van der Waals surface area contributed by atoms with Gasteiger partial charge in [-0.25, -0.2) is 4.98 Å². The average molecular weight is 231 g/mol. The number of rotatable bonds is 4. The molecule has 2 aromatic heterocycles. The van der Waals surface area contributed by atoms with Crippen molar-refractivity contribution in [3.63, 3.8) is 0 Å². The van der Waals surface area contributed by atoms with Crippen LogP contribution in [0.5, 0.6) is 5.75 Å². The topological polar surface area (TPSA) is 57.0 Å². The number of carbonyl (C=O) groups is 1. The Labute approximate surface area is 99.1 Å². The van der Waals surface area contributed by atoms with E-state index in [1.165, 1.54) is 13.3 Å². The summed E-state index contributed by atoms with van der Waals surface area (Å²) in [7, 11) is 3.38. The number of hydrogen-bond acceptors (Lipinski definition) is 4. The summed E-state index contributed by atoms with van der Waals surface area (Å²) in [6.07, 6.45) is 6.85. The summed E-state index contributed by atoms with van der Waals surface area (Å²) in [6, 6.07) is 1.66. The zero-order chi connectivity index (χ0) is 12.3. The van der Waals surface area contributed by atoms with Gasteiger partial charge in [0.15, 0.2) is 5.78 Å². The molecule has 0 amide bonds. The number of imidazole rings is 1. The highest BCUT2D eigenvalue weighted by Gasteiger charge is 2.14. The third kappa shape index (κ3) is 2.33. The van der Waals surface area contributed by atoms with Gasteiger partial charge in [-0.05, 0) is 6.07 Å². The van der Waals surface area contributed by atoms with E-state index in [2.05, 4.69) is 9.97 Å². The van der Waals surface area contributed by atoms with Gasteiger partial charge in [0.25, 0.3) is 0 Å². The van der Waals surface area contributed by atoms with Gasteiger partial charge in [0.2, 0.25) is 0 Å². The summed E-state index contributed by atoms with van der Waals surface area (Å²) in [5, 5.41) is 0. The second-order valence-corrected chi connectivity index (χ2v) is 3.63. The number of hydrogen-bond donors (Lipinski definition) is 0. The molecular weight excluding hydrogens is 218 g/mol. The largest absolute Gasteiger partial charge is 0.494 e. The Morgan fingerprint density at radius 3 is 2.94 bits per heavy atom. The van der Waals surface area contributed by atoms with Gasteiger partial charge in [-0.15, -0.1) is 0 Å². The van der Waals surface area contributed by atoms with E-state index < -0.39 is 0 Å². The van der Waals surface area contributed by atoms with Crippen LogP contribution in [0.1, 0.15) is 16.2 Å². The summed E-state index contributed by atoms with van der Waals surface area (Å²) in [6.45, 7) is 0. The van der Waals surface area contributed by atoms with Crippen molar-refractivity contribution in [3.8, 4) is 5.75 Å². The molecule has 0 saturated heterocycles. The van der Waals surface area contributed by atoms with Gasteiger partial charge < -0.3 is 9.30 Å². The fourth-order valence-corrected chi connectivity index (χ4v) is 1.58. The van der Waals surface area contributed by atoms with Crippen LogP contribution < -0.4 is 4.74 Å². The van der Waals surface area contributed by atoms with Gasteiger partial charge in [0.1, 0.15) is 11.6 Å². The minimum absolute atomic E-state index is 0.0291. The van der Waals surface area contributed by atoms with Crippen LogP contribution in [-0.4, -0.2) is 27.4 Å². The Balaban J connectivity index is 2.23. The molecule has 5 nitrogen and oxygen atoms in total. The first-order valence-electron chi connectivity index (χ1n) is 5.19. The van der Waals surface area contributed by atoms with Crippen molar-refractivity contribution in [2.75, 3.05) is 7.11 Å². The molecule has 0 bridgehead atoms. The molecule has 2 heterocycles. The van der Waals surface area contributed by atoms with Crippen LogP contribution in [-0.2, 0) is 13.5 Å². The molecule has 17 heavy (non-hydrogen) atoms. The minimum atomic E-state index is -0.0291. The third-order valence-electron chi connectivity index (χ3n) is 2.54. The lowest BCUT2D eigenvalue weighted by Gasteiger charge is -2.06. The van der Waals surface area contributed by atoms with Gasteiger partial charge in [-0.3, -0.25) is 9.78 Å². The van der Waals surface area contributed by atoms with E-state index in [1.54, 1.807) is 18.5 Å². The maximum Gasteiger partial charge on any atom is 0.174 e. The maximum absolute atomic E-state index is 12.1. The highest BCUT2D eigenvalue weighted by atomic mass is 16.5. The lowest BCUT2D eigenvalue weighted by molar-refractivity contribution is 0.0987. The van der Waals surface area contributed by atoms with E-state index in [0.29, 0.717) is 11.3 Å². The van der Waals surface area contributed by atoms with Crippen molar-refractivity contribution >= 4 is 5.78 Å². The molecule has 0 aliphatic carbocycles. The van der Waals surface area contributed by atoms with Crippen LogP contribution in [0.2, 0.25) is 0 Å². The van der Waals surface area contributed by atoms with Crippen molar-refractivity contribution in [1.29, 1.82) is 0 Å². The molecule has 2 aromatic rings. The van der Waals surface area contributed by atoms with Crippen LogP contribution in [0.25, 0.3) is 0 Å². The first-order valence-corrected chi connectivity index (χ1v) is 5.19. The first-order chi connectivity index (χ1) is 8.22. The average Bonchev–Trinajstić information content (AvgIpc) is 2.75. The molecule has 0 spiro atoms. The summed E-state index contributed by atoms with van der Waals surface area (Å²) in [4.78, 5) is 20.1. The molecule has 88 valence electrons. The van der Waals surface area contributed by atoms with Crippen molar-refractivity contribution < 1.29 is 9.53 Å². The smallest absolute Gasteiger partial charge is 0.174 e. The molecule has 0 aromatic carbocycles. The number of aromatic nitrogens is 3. The Morgan fingerprint density at radius 2 is 2.29 bits per heavy atom. The van der Waals surface area contributed by atoms with Crippen LogP contribution >= 0.6 is 0 Å². The third-order valence-corrected chi connectivity index (χ3v) is 2.54. The Hall–Kier alpha value is -2.17. The van der Waals surface area contributed by atoms with E-state index in [9.17, 15) is 4.79 Å². The Kier molecular flexibility index (Phi) is 3.18. The number of ketones is 1. The standard InChI is InChI=1S/C12H13N3O2/c1-15-6-5-14-12(15)7-10(16)9-3-4-13-8-11(9)17-2/h3-6,8H,7H2,1-2H3. The lowest BCUT2D eigenvalue weighted by Crippen LogP contribution is -2.09. The number of pyridine rings is 1. The number of methoxy groups -OCH3 is 1. The zero-order valence-corrected chi connectivity index (χ0v) is 9.75. The van der Waals surface area contributed by atoms with Gasteiger partial charge in [0, 0.05) is 25.6 Å². The lowest BCUT2D eigenvalue weighted by atomic mass is 10.1. The highest BCUT2D eigenvalue weighted by molar-refractivity contribution is 5.99. The number of aryl methyl sites for hydroxylation is 1. The molecule has 0 aliphatic heterocycles. The molecule has 2 rings (SSSR count). The van der Waals surface area contributed by atoms with Gasteiger partial charge in [-0.1, -0.05) is 0 Å². The molecule has 0 saturated carbocycles. The van der Waals surface area contributed by atoms with Crippen LogP contribution in [0.4, 0.5) is 0 Å². The highest BCUT2D eigenvalue weighted by Crippen LogP contribution is 2.17. The molecule has 0 fully saturated rings. The maximum atomic E-state index is 12.1. The van der Waals surface area contributed by atoms with E-state index >= 15 is 0 Å². The molecule has 5 heteroatoms. The zero-order valence-electron chi connectivity index (χ0n) is 9.75. The fraction of sp³-hybridized carbons (Fsp3) is 0.250. The second-order valence-electron chi connectivity index (χ2n) is 3.63. The van der Waals surface area contributed by atoms with Crippen LogP contribution in [0.15, 0.2) is 30.9 Å². The predicted octanol–water partition coefficient (Wildman–Crippen LogP) is 1.25. The fourth-order valence-electron chi connectivity index (χ4n) is 1.58. The number of nitrogens with zero attached hydrogens (tertiary/aromatic N) is 3. The molecule has 0 atom stereocenters. The predicted molar refractivity (Wildman–Crippen MR) is 62.0 cm³/mol. The summed E-state index contributed by atoms with van der Waals surface area (Å²) in [5.74, 6) is 1.19. The van der Waals surface area contributed by atoms with Crippen molar-refractivity contribution in [3.05, 3.63) is 42.2 Å². The first kappa shape index (κ1) is 11.3. The quantitative estimate of drug-likeness (QED) is 0.743. The van der Waals surface area contributed by atoms with Crippen molar-refractivity contribution in [1.82, 2.24) is 14.5 Å². The normalized spacial score (nSPS) is 10.2. The van der Waals surface area contributed by atoms with Gasteiger partial charge >= 0.3 is 0 Å². The summed E-state index contributed by atoms with van der Waals surface area (Å²) < 4.78 is 6.93. The SMILES string of the molecule is COc1cnccc1C(=O)Cc1nccn1C. The molecule has 0 aliphatic rings. The molecule has 0 unspecified atom stereocenters. The van der Waals surface area contributed by atoms with Gasteiger partial charge in [0.05, 0.1) is 25.3 Å². The molecular formula is C12H13N3O2. The number of carbonyl (C=O) groups excluding carboxylic acids is 1. The Morgan fingerprint density at radius 1 is 1.47 bits per heavy atom. The van der Waals surface area contributed by atoms with Crippen molar-refractivity contribution in [2.45, 2.75) is 6.42 Å². The van der Waals surface area contributed by atoms with E-state index in [4.69, 9.17) is 4.74 Å². The van der Waals surface area contributed by atoms with E-state index in [1.807, 2.05) is 17.8 Å². The number of ether oxygens (including phenoxy) is 1. The van der Waals surface area contributed by atoms with E-state index in [0.717, 1.165) is 5.82 Å². The molecule has 0 N–H and O–H groups in total. The van der Waals surface area contributed by atoms with Gasteiger partial charge in [-0.2, -0.15) is 0 Å².